The number of nitrogens with zero attached hydrogens (tertiary/aromatic N) is 1. The lowest BCUT2D eigenvalue weighted by Gasteiger charge is -2.09. The van der Waals surface area contributed by atoms with Crippen LogP contribution in [-0.2, 0) is 13.1 Å². The highest BCUT2D eigenvalue weighted by Crippen LogP contribution is 2.24. The second kappa shape index (κ2) is 6.45. The summed E-state index contributed by atoms with van der Waals surface area (Å²) in [6.45, 7) is 0.703. The smallest absolute Gasteiger partial charge is 0.140 e. The van der Waals surface area contributed by atoms with Crippen molar-refractivity contribution in [3.63, 3.8) is 0 Å². The lowest BCUT2D eigenvalue weighted by atomic mass is 10.1. The van der Waals surface area contributed by atoms with Crippen LogP contribution in [0.4, 0.5) is 10.2 Å². The first-order chi connectivity index (χ1) is 9.10. The van der Waals surface area contributed by atoms with Gasteiger partial charge >= 0.3 is 0 Å². The van der Waals surface area contributed by atoms with Crippen LogP contribution in [-0.4, -0.2) is 4.98 Å². The molecule has 1 aromatic heterocycles. The van der Waals surface area contributed by atoms with Crippen molar-refractivity contribution in [1.82, 2.24) is 4.98 Å². The van der Waals surface area contributed by atoms with Crippen molar-refractivity contribution in [2.75, 3.05) is 5.32 Å². The molecular weight excluding hydrogens is 377 g/mol. The first-order valence-electron chi connectivity index (χ1n) is 5.62. The van der Waals surface area contributed by atoms with E-state index in [1.807, 2.05) is 12.1 Å². The zero-order valence-corrected chi connectivity index (χ0v) is 13.1. The van der Waals surface area contributed by atoms with Crippen LogP contribution in [0.25, 0.3) is 0 Å². The number of pyridine rings is 1. The van der Waals surface area contributed by atoms with Crippen LogP contribution >= 0.6 is 31.9 Å². The molecule has 2 aromatic rings. The summed E-state index contributed by atoms with van der Waals surface area (Å²) in [6, 6.07) is 6.89. The van der Waals surface area contributed by atoms with E-state index in [0.717, 1.165) is 14.5 Å². The molecule has 1 aromatic carbocycles. The Hall–Kier alpha value is -0.980. The minimum absolute atomic E-state index is 0.260. The maximum atomic E-state index is 13.8. The molecule has 0 unspecified atom stereocenters. The Balaban J connectivity index is 2.10. The number of hydrogen-bond acceptors (Lipinski definition) is 3. The lowest BCUT2D eigenvalue weighted by molar-refractivity contribution is 0.610. The Bertz CT molecular complexity index is 590. The van der Waals surface area contributed by atoms with E-state index in [0.29, 0.717) is 24.5 Å². The van der Waals surface area contributed by atoms with E-state index < -0.39 is 0 Å². The third-order valence-corrected chi connectivity index (χ3v) is 3.65. The summed E-state index contributed by atoms with van der Waals surface area (Å²) in [5, 5.41) is 3.08. The molecule has 1 heterocycles. The molecule has 0 aliphatic carbocycles. The number of halogens is 3. The van der Waals surface area contributed by atoms with E-state index in [2.05, 4.69) is 42.2 Å². The van der Waals surface area contributed by atoms with Crippen LogP contribution in [0.15, 0.2) is 39.4 Å². The molecule has 0 amide bonds. The van der Waals surface area contributed by atoms with Crippen molar-refractivity contribution in [3.8, 4) is 0 Å². The molecule has 0 bridgehead atoms. The fourth-order valence-corrected chi connectivity index (χ4v) is 2.71. The maximum absolute atomic E-state index is 13.8. The molecule has 19 heavy (non-hydrogen) atoms. The predicted octanol–water partition coefficient (Wildman–Crippen LogP) is 3.82. The molecule has 0 saturated heterocycles. The number of rotatable bonds is 4. The summed E-state index contributed by atoms with van der Waals surface area (Å²) in [5.41, 5.74) is 6.82. The Morgan fingerprint density at radius 2 is 2.05 bits per heavy atom. The average Bonchev–Trinajstić information content (AvgIpc) is 2.39. The Kier molecular flexibility index (Phi) is 4.90. The summed E-state index contributed by atoms with van der Waals surface area (Å²) >= 11 is 6.72. The highest BCUT2D eigenvalue weighted by molar-refractivity contribution is 9.11. The second-order valence-electron chi connectivity index (χ2n) is 3.97. The molecule has 3 nitrogen and oxygen atoms in total. The fourth-order valence-electron chi connectivity index (χ4n) is 1.58. The van der Waals surface area contributed by atoms with Gasteiger partial charge in [0.2, 0.25) is 0 Å². The van der Waals surface area contributed by atoms with E-state index in [9.17, 15) is 4.39 Å². The van der Waals surface area contributed by atoms with Crippen LogP contribution in [0, 0.1) is 5.82 Å². The van der Waals surface area contributed by atoms with Crippen molar-refractivity contribution in [3.05, 3.63) is 56.4 Å². The predicted molar refractivity (Wildman–Crippen MR) is 81.3 cm³/mol. The molecule has 0 radical (unpaired) electrons. The van der Waals surface area contributed by atoms with Crippen LogP contribution in [0.3, 0.4) is 0 Å². The minimum Gasteiger partial charge on any atom is -0.365 e. The van der Waals surface area contributed by atoms with Crippen LogP contribution < -0.4 is 11.1 Å². The molecule has 0 aliphatic rings. The molecule has 0 spiro atoms. The molecule has 0 fully saturated rings. The van der Waals surface area contributed by atoms with E-state index in [1.54, 1.807) is 12.3 Å². The van der Waals surface area contributed by atoms with Gasteiger partial charge in [0.25, 0.3) is 0 Å². The van der Waals surface area contributed by atoms with Gasteiger partial charge in [-0.2, -0.15) is 0 Å². The van der Waals surface area contributed by atoms with E-state index in [-0.39, 0.29) is 5.82 Å². The van der Waals surface area contributed by atoms with Gasteiger partial charge in [0.05, 0.1) is 4.47 Å². The molecule has 2 rings (SSSR count). The van der Waals surface area contributed by atoms with Crippen LogP contribution in [0.2, 0.25) is 0 Å². The zero-order valence-electron chi connectivity index (χ0n) is 9.96. The van der Waals surface area contributed by atoms with Crippen LogP contribution in [0.1, 0.15) is 11.1 Å². The van der Waals surface area contributed by atoms with Crippen molar-refractivity contribution in [2.45, 2.75) is 13.1 Å². The van der Waals surface area contributed by atoms with Gasteiger partial charge in [-0.25, -0.2) is 9.37 Å². The highest BCUT2D eigenvalue weighted by atomic mass is 79.9. The van der Waals surface area contributed by atoms with Gasteiger partial charge in [0.1, 0.15) is 11.6 Å². The number of anilines is 1. The van der Waals surface area contributed by atoms with E-state index in [1.165, 1.54) is 6.07 Å². The van der Waals surface area contributed by atoms with Crippen LogP contribution in [0.5, 0.6) is 0 Å². The Labute approximate surface area is 127 Å². The van der Waals surface area contributed by atoms with Gasteiger partial charge in [-0.15, -0.1) is 0 Å². The quantitative estimate of drug-likeness (QED) is 0.837. The molecular formula is C13H12Br2FN3. The molecule has 3 N–H and O–H groups in total. The number of benzene rings is 1. The largest absolute Gasteiger partial charge is 0.365 e. The van der Waals surface area contributed by atoms with Gasteiger partial charge in [-0.3, -0.25) is 0 Å². The SMILES string of the molecule is NCc1ccc(CNc2ncc(Br)cc2Br)c(F)c1. The van der Waals surface area contributed by atoms with E-state index >= 15 is 0 Å². The molecule has 6 heteroatoms. The first kappa shape index (κ1) is 14.4. The maximum Gasteiger partial charge on any atom is 0.140 e. The summed E-state index contributed by atoms with van der Waals surface area (Å²) in [7, 11) is 0. The summed E-state index contributed by atoms with van der Waals surface area (Å²) < 4.78 is 15.5. The summed E-state index contributed by atoms with van der Waals surface area (Å²) in [4.78, 5) is 4.21. The zero-order chi connectivity index (χ0) is 13.8. The average molecular weight is 389 g/mol. The van der Waals surface area contributed by atoms with Gasteiger partial charge in [-0.05, 0) is 49.6 Å². The molecule has 0 atom stereocenters. The Morgan fingerprint density at radius 3 is 2.68 bits per heavy atom. The normalized spacial score (nSPS) is 10.5. The lowest BCUT2D eigenvalue weighted by Crippen LogP contribution is -2.05. The van der Waals surface area contributed by atoms with Crippen molar-refractivity contribution in [1.29, 1.82) is 0 Å². The number of aromatic nitrogens is 1. The van der Waals surface area contributed by atoms with Crippen molar-refractivity contribution in [2.24, 2.45) is 5.73 Å². The number of nitrogens with one attached hydrogen (secondary N) is 1. The summed E-state index contributed by atoms with van der Waals surface area (Å²) in [6.07, 6.45) is 1.68. The summed E-state index contributed by atoms with van der Waals surface area (Å²) in [5.74, 6) is 0.411. The topological polar surface area (TPSA) is 50.9 Å². The fraction of sp³-hybridized carbons (Fsp3) is 0.154. The second-order valence-corrected chi connectivity index (χ2v) is 5.74. The molecule has 100 valence electrons. The number of nitrogens with two attached hydrogens (primary N) is 1. The van der Waals surface area contributed by atoms with Gasteiger partial charge < -0.3 is 11.1 Å². The first-order valence-corrected chi connectivity index (χ1v) is 7.21. The molecule has 0 saturated carbocycles. The Morgan fingerprint density at radius 1 is 1.26 bits per heavy atom. The van der Waals surface area contributed by atoms with Gasteiger partial charge in [0, 0.05) is 29.3 Å². The molecule has 0 aliphatic heterocycles. The number of hydrogen-bond donors (Lipinski definition) is 2. The highest BCUT2D eigenvalue weighted by Gasteiger charge is 2.06. The van der Waals surface area contributed by atoms with Crippen molar-refractivity contribution < 1.29 is 4.39 Å². The van der Waals surface area contributed by atoms with Gasteiger partial charge in [-0.1, -0.05) is 12.1 Å². The third-order valence-electron chi connectivity index (χ3n) is 2.61. The monoisotopic (exact) mass is 387 g/mol. The van der Waals surface area contributed by atoms with E-state index in [4.69, 9.17) is 5.73 Å². The third kappa shape index (κ3) is 3.75. The van der Waals surface area contributed by atoms with Gasteiger partial charge in [0.15, 0.2) is 0 Å². The van der Waals surface area contributed by atoms with Crippen molar-refractivity contribution >= 4 is 37.7 Å². The minimum atomic E-state index is -0.260. The standard InChI is InChI=1S/C13H12Br2FN3/c14-10-4-11(15)13(19-7-10)18-6-9-2-1-8(5-17)3-12(9)16/h1-4,7H,5-6,17H2,(H,18,19).